The summed E-state index contributed by atoms with van der Waals surface area (Å²) in [5.74, 6) is 0.279. The topological polar surface area (TPSA) is 41.1 Å². The van der Waals surface area contributed by atoms with Gasteiger partial charge in [-0.3, -0.25) is 4.79 Å². The van der Waals surface area contributed by atoms with E-state index in [4.69, 9.17) is 0 Å². The average molecular weight is 302 g/mol. The number of hydrogen-bond acceptors (Lipinski definition) is 2. The van der Waals surface area contributed by atoms with Crippen molar-refractivity contribution >= 4 is 5.91 Å². The second-order valence-electron chi connectivity index (χ2n) is 5.28. The fourth-order valence-corrected chi connectivity index (χ4v) is 1.78. The van der Waals surface area contributed by atoms with Gasteiger partial charge in [-0.15, -0.1) is 0 Å². The third-order valence-electron chi connectivity index (χ3n) is 2.87. The molecule has 0 aliphatic carbocycles. The van der Waals surface area contributed by atoms with E-state index in [1.807, 2.05) is 13.8 Å². The molecule has 0 saturated carbocycles. The van der Waals surface area contributed by atoms with E-state index < -0.39 is 11.7 Å². The molecule has 0 radical (unpaired) electrons. The van der Waals surface area contributed by atoms with Crippen molar-refractivity contribution in [1.82, 2.24) is 10.6 Å². The molecule has 0 unspecified atom stereocenters. The van der Waals surface area contributed by atoms with Crippen LogP contribution >= 0.6 is 0 Å². The number of carbonyl (C=O) groups is 1. The van der Waals surface area contributed by atoms with Crippen molar-refractivity contribution in [2.45, 2.75) is 33.0 Å². The molecule has 0 aliphatic heterocycles. The lowest BCUT2D eigenvalue weighted by Crippen LogP contribution is -2.30. The van der Waals surface area contributed by atoms with Gasteiger partial charge in [-0.05, 0) is 17.5 Å². The summed E-state index contributed by atoms with van der Waals surface area (Å²) in [5, 5.41) is 5.63. The Balaban J connectivity index is 2.38. The Morgan fingerprint density at radius 1 is 1.24 bits per heavy atom. The fourth-order valence-electron chi connectivity index (χ4n) is 1.78. The van der Waals surface area contributed by atoms with Gasteiger partial charge in [0.1, 0.15) is 0 Å². The standard InChI is InChI=1S/C15H21F3N2O/c1-11(2)9-20-14(21)7-8-19-10-12-5-3-4-6-13(12)15(16,17)18/h3-6,11,19H,7-10H2,1-2H3,(H,20,21). The van der Waals surface area contributed by atoms with Crippen LogP contribution in [0.15, 0.2) is 24.3 Å². The summed E-state index contributed by atoms with van der Waals surface area (Å²) in [5.41, 5.74) is -0.450. The summed E-state index contributed by atoms with van der Waals surface area (Å²) in [6, 6.07) is 5.44. The largest absolute Gasteiger partial charge is 0.416 e. The zero-order valence-corrected chi connectivity index (χ0v) is 12.3. The lowest BCUT2D eigenvalue weighted by molar-refractivity contribution is -0.138. The van der Waals surface area contributed by atoms with Crippen LogP contribution in [-0.2, 0) is 17.5 Å². The molecule has 0 bridgehead atoms. The summed E-state index contributed by atoms with van der Waals surface area (Å²) in [4.78, 5) is 11.5. The number of hydrogen-bond donors (Lipinski definition) is 2. The maximum Gasteiger partial charge on any atom is 0.416 e. The molecule has 0 aliphatic rings. The Bertz CT molecular complexity index is 458. The highest BCUT2D eigenvalue weighted by Gasteiger charge is 2.32. The molecule has 1 amide bonds. The highest BCUT2D eigenvalue weighted by atomic mass is 19.4. The number of nitrogens with one attached hydrogen (secondary N) is 2. The van der Waals surface area contributed by atoms with Gasteiger partial charge in [0.05, 0.1) is 5.56 Å². The van der Waals surface area contributed by atoms with Crippen LogP contribution in [0.3, 0.4) is 0 Å². The van der Waals surface area contributed by atoms with Gasteiger partial charge < -0.3 is 10.6 Å². The molecule has 0 aromatic heterocycles. The molecule has 6 heteroatoms. The summed E-state index contributed by atoms with van der Waals surface area (Å²) in [7, 11) is 0. The molecule has 0 spiro atoms. The maximum absolute atomic E-state index is 12.8. The molecule has 1 aromatic carbocycles. The van der Waals surface area contributed by atoms with Crippen molar-refractivity contribution in [3.05, 3.63) is 35.4 Å². The Hall–Kier alpha value is -1.56. The minimum Gasteiger partial charge on any atom is -0.356 e. The van der Waals surface area contributed by atoms with Crippen LogP contribution in [0.5, 0.6) is 0 Å². The molecular formula is C15H21F3N2O. The monoisotopic (exact) mass is 302 g/mol. The van der Waals surface area contributed by atoms with E-state index in [1.165, 1.54) is 12.1 Å². The molecule has 1 rings (SSSR count). The van der Waals surface area contributed by atoms with Crippen LogP contribution < -0.4 is 10.6 Å². The summed E-state index contributed by atoms with van der Waals surface area (Å²) >= 11 is 0. The second-order valence-corrected chi connectivity index (χ2v) is 5.28. The normalized spacial score (nSPS) is 11.7. The van der Waals surface area contributed by atoms with E-state index in [1.54, 1.807) is 6.07 Å². The highest BCUT2D eigenvalue weighted by molar-refractivity contribution is 5.76. The van der Waals surface area contributed by atoms with Gasteiger partial charge in [-0.1, -0.05) is 32.0 Å². The van der Waals surface area contributed by atoms with Gasteiger partial charge in [-0.2, -0.15) is 13.2 Å². The van der Waals surface area contributed by atoms with Crippen LogP contribution in [0.4, 0.5) is 13.2 Å². The summed E-state index contributed by atoms with van der Waals surface area (Å²) in [6.45, 7) is 5.03. The molecule has 118 valence electrons. The fraction of sp³-hybridized carbons (Fsp3) is 0.533. The second kappa shape index (κ2) is 8.02. The zero-order chi connectivity index (χ0) is 15.9. The average Bonchev–Trinajstić information content (AvgIpc) is 2.40. The minimum absolute atomic E-state index is 0.0904. The Labute approximate surface area is 122 Å². The molecule has 3 nitrogen and oxygen atoms in total. The molecule has 0 atom stereocenters. The van der Waals surface area contributed by atoms with Crippen molar-refractivity contribution in [1.29, 1.82) is 0 Å². The highest BCUT2D eigenvalue weighted by Crippen LogP contribution is 2.31. The van der Waals surface area contributed by atoms with Crippen LogP contribution in [-0.4, -0.2) is 19.0 Å². The number of halogens is 3. The molecular weight excluding hydrogens is 281 g/mol. The quantitative estimate of drug-likeness (QED) is 0.760. The van der Waals surface area contributed by atoms with Crippen LogP contribution in [0.1, 0.15) is 31.4 Å². The molecule has 1 aromatic rings. The van der Waals surface area contributed by atoms with Crippen LogP contribution in [0.2, 0.25) is 0 Å². The van der Waals surface area contributed by atoms with E-state index in [9.17, 15) is 18.0 Å². The lowest BCUT2D eigenvalue weighted by Gasteiger charge is -2.13. The first-order chi connectivity index (χ1) is 9.80. The summed E-state index contributed by atoms with van der Waals surface area (Å²) < 4.78 is 38.3. The molecule has 2 N–H and O–H groups in total. The summed E-state index contributed by atoms with van der Waals surface area (Å²) in [6.07, 6.45) is -4.10. The third-order valence-corrected chi connectivity index (χ3v) is 2.87. The van der Waals surface area contributed by atoms with Gasteiger partial charge in [-0.25, -0.2) is 0 Å². The van der Waals surface area contributed by atoms with Crippen LogP contribution in [0, 0.1) is 5.92 Å². The molecule has 21 heavy (non-hydrogen) atoms. The van der Waals surface area contributed by atoms with Crippen LogP contribution in [0.25, 0.3) is 0 Å². The lowest BCUT2D eigenvalue weighted by atomic mass is 10.1. The van der Waals surface area contributed by atoms with Gasteiger partial charge in [0.2, 0.25) is 5.91 Å². The molecule has 0 fully saturated rings. The number of alkyl halides is 3. The SMILES string of the molecule is CC(C)CNC(=O)CCNCc1ccccc1C(F)(F)F. The maximum atomic E-state index is 12.8. The predicted molar refractivity (Wildman–Crippen MR) is 75.6 cm³/mol. The van der Waals surface area contributed by atoms with E-state index in [2.05, 4.69) is 10.6 Å². The number of rotatable bonds is 7. The van der Waals surface area contributed by atoms with Gasteiger partial charge >= 0.3 is 6.18 Å². The Morgan fingerprint density at radius 3 is 2.52 bits per heavy atom. The Morgan fingerprint density at radius 2 is 1.90 bits per heavy atom. The first kappa shape index (κ1) is 17.5. The minimum atomic E-state index is -4.35. The first-order valence-electron chi connectivity index (χ1n) is 6.93. The molecule has 0 saturated heterocycles. The van der Waals surface area contributed by atoms with Crippen molar-refractivity contribution in [2.75, 3.05) is 13.1 Å². The van der Waals surface area contributed by atoms with E-state index in [0.29, 0.717) is 19.0 Å². The van der Waals surface area contributed by atoms with Crippen molar-refractivity contribution < 1.29 is 18.0 Å². The third kappa shape index (κ3) is 6.62. The van der Waals surface area contributed by atoms with Crippen molar-refractivity contribution in [2.24, 2.45) is 5.92 Å². The van der Waals surface area contributed by atoms with Crippen molar-refractivity contribution in [3.8, 4) is 0 Å². The molecule has 0 heterocycles. The zero-order valence-electron chi connectivity index (χ0n) is 12.3. The number of amides is 1. The smallest absolute Gasteiger partial charge is 0.356 e. The number of benzene rings is 1. The van der Waals surface area contributed by atoms with Gasteiger partial charge in [0.25, 0.3) is 0 Å². The van der Waals surface area contributed by atoms with Gasteiger partial charge in [0.15, 0.2) is 0 Å². The predicted octanol–water partition coefficient (Wildman–Crippen LogP) is 2.96. The van der Waals surface area contributed by atoms with E-state index in [-0.39, 0.29) is 24.4 Å². The van der Waals surface area contributed by atoms with Gasteiger partial charge in [0, 0.05) is 26.1 Å². The Kier molecular flexibility index (Phi) is 6.68. The van der Waals surface area contributed by atoms with E-state index >= 15 is 0 Å². The number of carbonyl (C=O) groups excluding carboxylic acids is 1. The van der Waals surface area contributed by atoms with Crippen molar-refractivity contribution in [3.63, 3.8) is 0 Å². The first-order valence-corrected chi connectivity index (χ1v) is 6.93. The van der Waals surface area contributed by atoms with E-state index in [0.717, 1.165) is 6.07 Å².